The maximum atomic E-state index is 10.8. The molecule has 1 heterocycles. The van der Waals surface area contributed by atoms with E-state index in [2.05, 4.69) is 15.3 Å². The summed E-state index contributed by atoms with van der Waals surface area (Å²) in [5.74, 6) is 1.23. The molecule has 0 aliphatic heterocycles. The minimum absolute atomic E-state index is 0.207. The van der Waals surface area contributed by atoms with E-state index in [1.165, 1.54) is 32.0 Å². The van der Waals surface area contributed by atoms with E-state index in [0.717, 1.165) is 6.54 Å². The lowest BCUT2D eigenvalue weighted by molar-refractivity contribution is 0.112. The van der Waals surface area contributed by atoms with Gasteiger partial charge in [-0.05, 0) is 18.8 Å². The van der Waals surface area contributed by atoms with E-state index in [1.54, 1.807) is 0 Å². The molecule has 1 aromatic heterocycles. The summed E-state index contributed by atoms with van der Waals surface area (Å²) in [6.07, 6.45) is 7.17. The second-order valence-electron chi connectivity index (χ2n) is 4.08. The van der Waals surface area contributed by atoms with Crippen LogP contribution in [0.5, 0.6) is 0 Å². The summed E-state index contributed by atoms with van der Waals surface area (Å²) in [5.41, 5.74) is 0.349. The van der Waals surface area contributed by atoms with E-state index in [9.17, 15) is 4.79 Å². The Hall–Kier alpha value is -1.16. The van der Waals surface area contributed by atoms with Crippen LogP contribution in [0.15, 0.2) is 6.33 Å². The first-order valence-corrected chi connectivity index (χ1v) is 5.88. The van der Waals surface area contributed by atoms with E-state index in [4.69, 9.17) is 11.6 Å². The Morgan fingerprint density at radius 2 is 2.19 bits per heavy atom. The Morgan fingerprint density at radius 1 is 1.44 bits per heavy atom. The van der Waals surface area contributed by atoms with Crippen molar-refractivity contribution in [3.63, 3.8) is 0 Å². The lowest BCUT2D eigenvalue weighted by Gasteiger charge is -2.12. The van der Waals surface area contributed by atoms with Crippen molar-refractivity contribution in [1.82, 2.24) is 9.97 Å². The number of hydrogen-bond donors (Lipinski definition) is 1. The maximum absolute atomic E-state index is 10.8. The van der Waals surface area contributed by atoms with Crippen molar-refractivity contribution in [2.45, 2.75) is 25.7 Å². The first-order valence-electron chi connectivity index (χ1n) is 5.51. The van der Waals surface area contributed by atoms with Gasteiger partial charge >= 0.3 is 0 Å². The molecule has 0 spiro atoms. The third-order valence-electron chi connectivity index (χ3n) is 2.99. The molecule has 1 aromatic rings. The van der Waals surface area contributed by atoms with E-state index < -0.39 is 0 Å². The van der Waals surface area contributed by atoms with E-state index in [0.29, 0.717) is 23.6 Å². The molecule has 5 heteroatoms. The highest BCUT2D eigenvalue weighted by atomic mass is 35.5. The Balaban J connectivity index is 2.02. The zero-order chi connectivity index (χ0) is 11.4. The summed E-state index contributed by atoms with van der Waals surface area (Å²) in [4.78, 5) is 18.6. The molecule has 0 atom stereocenters. The fourth-order valence-electron chi connectivity index (χ4n) is 2.07. The summed E-state index contributed by atoms with van der Waals surface area (Å²) in [6.45, 7) is 0.855. The van der Waals surface area contributed by atoms with Crippen LogP contribution in [0, 0.1) is 5.92 Å². The van der Waals surface area contributed by atoms with Crippen LogP contribution in [0.1, 0.15) is 36.0 Å². The van der Waals surface area contributed by atoms with Gasteiger partial charge in [-0.1, -0.05) is 24.4 Å². The van der Waals surface area contributed by atoms with Crippen molar-refractivity contribution in [3.05, 3.63) is 17.0 Å². The molecule has 0 radical (unpaired) electrons. The fourth-order valence-corrected chi connectivity index (χ4v) is 2.25. The SMILES string of the molecule is O=Cc1c(Cl)ncnc1NCC1CCCC1. The molecule has 1 N–H and O–H groups in total. The van der Waals surface area contributed by atoms with Gasteiger partial charge in [0, 0.05) is 6.54 Å². The number of hydrogen-bond acceptors (Lipinski definition) is 4. The van der Waals surface area contributed by atoms with Gasteiger partial charge in [-0.3, -0.25) is 4.79 Å². The van der Waals surface area contributed by atoms with Crippen LogP contribution < -0.4 is 5.32 Å². The number of nitrogens with zero attached hydrogens (tertiary/aromatic N) is 2. The molecule has 1 aliphatic rings. The van der Waals surface area contributed by atoms with Gasteiger partial charge in [0.15, 0.2) is 6.29 Å². The van der Waals surface area contributed by atoms with Gasteiger partial charge in [-0.15, -0.1) is 0 Å². The third-order valence-corrected chi connectivity index (χ3v) is 3.29. The van der Waals surface area contributed by atoms with Crippen LogP contribution in [-0.2, 0) is 0 Å². The molecule has 1 saturated carbocycles. The summed E-state index contributed by atoms with van der Waals surface area (Å²) in [6, 6.07) is 0. The number of carbonyl (C=O) groups is 1. The molecule has 1 aliphatic carbocycles. The number of aldehydes is 1. The van der Waals surface area contributed by atoms with Crippen LogP contribution in [-0.4, -0.2) is 22.8 Å². The van der Waals surface area contributed by atoms with Crippen LogP contribution in [0.4, 0.5) is 5.82 Å². The van der Waals surface area contributed by atoms with Crippen LogP contribution in [0.3, 0.4) is 0 Å². The summed E-state index contributed by atoms with van der Waals surface area (Å²) in [7, 11) is 0. The quantitative estimate of drug-likeness (QED) is 0.648. The lowest BCUT2D eigenvalue weighted by atomic mass is 10.1. The van der Waals surface area contributed by atoms with Crippen molar-refractivity contribution < 1.29 is 4.79 Å². The van der Waals surface area contributed by atoms with Crippen molar-refractivity contribution in [3.8, 4) is 0 Å². The number of halogens is 1. The first kappa shape index (κ1) is 11.3. The average molecular weight is 240 g/mol. The van der Waals surface area contributed by atoms with Crippen molar-refractivity contribution >= 4 is 23.7 Å². The zero-order valence-electron chi connectivity index (χ0n) is 8.95. The summed E-state index contributed by atoms with van der Waals surface area (Å²) < 4.78 is 0. The first-order chi connectivity index (χ1) is 7.81. The molecule has 0 unspecified atom stereocenters. The number of carbonyl (C=O) groups excluding carboxylic acids is 1. The summed E-state index contributed by atoms with van der Waals surface area (Å²) in [5, 5.41) is 3.39. The van der Waals surface area contributed by atoms with Gasteiger partial charge in [-0.25, -0.2) is 9.97 Å². The van der Waals surface area contributed by atoms with Gasteiger partial charge < -0.3 is 5.32 Å². The van der Waals surface area contributed by atoms with Crippen LogP contribution >= 0.6 is 11.6 Å². The van der Waals surface area contributed by atoms with Crippen molar-refractivity contribution in [2.75, 3.05) is 11.9 Å². The molecule has 1 fully saturated rings. The molecule has 2 rings (SSSR count). The van der Waals surface area contributed by atoms with Gasteiger partial charge in [0.1, 0.15) is 17.3 Å². The van der Waals surface area contributed by atoms with Gasteiger partial charge in [0.2, 0.25) is 0 Å². The number of nitrogens with one attached hydrogen (secondary N) is 1. The number of aromatic nitrogens is 2. The highest BCUT2D eigenvalue weighted by molar-refractivity contribution is 6.32. The second-order valence-corrected chi connectivity index (χ2v) is 4.43. The lowest BCUT2D eigenvalue weighted by Crippen LogP contribution is -2.13. The van der Waals surface area contributed by atoms with E-state index in [-0.39, 0.29) is 5.15 Å². The molecular weight excluding hydrogens is 226 g/mol. The molecule has 16 heavy (non-hydrogen) atoms. The predicted molar refractivity (Wildman–Crippen MR) is 62.9 cm³/mol. The van der Waals surface area contributed by atoms with Crippen LogP contribution in [0.25, 0.3) is 0 Å². The highest BCUT2D eigenvalue weighted by Crippen LogP contribution is 2.25. The molecule has 0 bridgehead atoms. The van der Waals surface area contributed by atoms with Gasteiger partial charge in [0.25, 0.3) is 0 Å². The molecule has 4 nitrogen and oxygen atoms in total. The number of rotatable bonds is 4. The maximum Gasteiger partial charge on any atom is 0.156 e. The Morgan fingerprint density at radius 3 is 2.88 bits per heavy atom. The van der Waals surface area contributed by atoms with E-state index >= 15 is 0 Å². The third kappa shape index (κ3) is 2.50. The molecular formula is C11H14ClN3O. The molecule has 0 aromatic carbocycles. The Bertz CT molecular complexity index is 377. The highest BCUT2D eigenvalue weighted by Gasteiger charge is 2.16. The number of anilines is 1. The van der Waals surface area contributed by atoms with Crippen molar-refractivity contribution in [2.24, 2.45) is 5.92 Å². The van der Waals surface area contributed by atoms with Gasteiger partial charge in [0.05, 0.1) is 5.56 Å². The predicted octanol–water partition coefficient (Wildman–Crippen LogP) is 2.54. The minimum Gasteiger partial charge on any atom is -0.369 e. The van der Waals surface area contributed by atoms with E-state index in [1.807, 2.05) is 0 Å². The largest absolute Gasteiger partial charge is 0.369 e. The Kier molecular flexibility index (Phi) is 3.72. The smallest absolute Gasteiger partial charge is 0.156 e. The van der Waals surface area contributed by atoms with Crippen molar-refractivity contribution in [1.29, 1.82) is 0 Å². The standard InChI is InChI=1S/C11H14ClN3O/c12-10-9(6-16)11(15-7-14-10)13-5-8-3-1-2-4-8/h6-8H,1-5H2,(H,13,14,15). The average Bonchev–Trinajstić information content (AvgIpc) is 2.79. The molecule has 86 valence electrons. The van der Waals surface area contributed by atoms with Crippen LogP contribution in [0.2, 0.25) is 5.15 Å². The summed E-state index contributed by atoms with van der Waals surface area (Å²) >= 11 is 5.80. The second kappa shape index (κ2) is 5.25. The minimum atomic E-state index is 0.207. The molecule has 0 saturated heterocycles. The fraction of sp³-hybridized carbons (Fsp3) is 0.545. The van der Waals surface area contributed by atoms with Gasteiger partial charge in [-0.2, -0.15) is 0 Å². The molecule has 0 amide bonds. The monoisotopic (exact) mass is 239 g/mol. The zero-order valence-corrected chi connectivity index (χ0v) is 9.70. The normalized spacial score (nSPS) is 16.3. The topological polar surface area (TPSA) is 54.9 Å². The Labute approximate surface area is 99.4 Å².